The standard InChI is InChI=1S/C16H15N3OS/c17-11-13-6-4-5-12(9-13)10-14-15(20)18-16(21-14)19-7-2-1-3-8-19/h4-6,9-10H,1-3,7-8H2/b14-10-. The van der Waals surface area contributed by atoms with Crippen LogP contribution in [0.15, 0.2) is 34.2 Å². The van der Waals surface area contributed by atoms with Crippen LogP contribution in [0.4, 0.5) is 0 Å². The van der Waals surface area contributed by atoms with Crippen molar-refractivity contribution in [1.29, 1.82) is 5.26 Å². The average molecular weight is 297 g/mol. The molecule has 1 fully saturated rings. The Morgan fingerprint density at radius 3 is 2.86 bits per heavy atom. The van der Waals surface area contributed by atoms with Crippen molar-refractivity contribution in [2.45, 2.75) is 19.3 Å². The van der Waals surface area contributed by atoms with E-state index in [9.17, 15) is 4.79 Å². The third-order valence-electron chi connectivity index (χ3n) is 3.55. The van der Waals surface area contributed by atoms with Crippen molar-refractivity contribution in [2.75, 3.05) is 13.1 Å². The van der Waals surface area contributed by atoms with Crippen LogP contribution in [0.25, 0.3) is 6.08 Å². The molecule has 0 radical (unpaired) electrons. The molecule has 5 heteroatoms. The summed E-state index contributed by atoms with van der Waals surface area (Å²) in [6.45, 7) is 1.96. The van der Waals surface area contributed by atoms with Crippen molar-refractivity contribution >= 4 is 28.9 Å². The molecule has 1 aromatic carbocycles. The maximum Gasteiger partial charge on any atom is 0.286 e. The zero-order valence-corrected chi connectivity index (χ0v) is 12.4. The van der Waals surface area contributed by atoms with E-state index >= 15 is 0 Å². The van der Waals surface area contributed by atoms with Crippen LogP contribution in [0, 0.1) is 11.3 Å². The van der Waals surface area contributed by atoms with Crippen molar-refractivity contribution in [3.05, 3.63) is 40.3 Å². The number of rotatable bonds is 1. The maximum absolute atomic E-state index is 12.0. The lowest BCUT2D eigenvalue weighted by atomic mass is 10.1. The molecule has 2 aliphatic rings. The van der Waals surface area contributed by atoms with E-state index in [4.69, 9.17) is 5.26 Å². The number of hydrogen-bond donors (Lipinski definition) is 0. The highest BCUT2D eigenvalue weighted by Gasteiger charge is 2.26. The number of nitriles is 1. The molecule has 0 bridgehead atoms. The zero-order valence-electron chi connectivity index (χ0n) is 11.6. The monoisotopic (exact) mass is 297 g/mol. The van der Waals surface area contributed by atoms with E-state index in [2.05, 4.69) is 16.0 Å². The van der Waals surface area contributed by atoms with Gasteiger partial charge in [-0.05, 0) is 54.8 Å². The van der Waals surface area contributed by atoms with Crippen molar-refractivity contribution in [3.63, 3.8) is 0 Å². The number of hydrogen-bond acceptors (Lipinski definition) is 4. The Hall–Kier alpha value is -2.06. The fourth-order valence-corrected chi connectivity index (χ4v) is 3.43. The van der Waals surface area contributed by atoms with Crippen molar-refractivity contribution in [2.24, 2.45) is 4.99 Å². The number of benzene rings is 1. The molecule has 0 N–H and O–H groups in total. The summed E-state index contributed by atoms with van der Waals surface area (Å²) in [5.74, 6) is -0.178. The van der Waals surface area contributed by atoms with Crippen molar-refractivity contribution < 1.29 is 4.79 Å². The van der Waals surface area contributed by atoms with Gasteiger partial charge in [-0.25, -0.2) is 0 Å². The van der Waals surface area contributed by atoms with Gasteiger partial charge >= 0.3 is 0 Å². The molecule has 2 aliphatic heterocycles. The molecule has 106 valence electrons. The summed E-state index contributed by atoms with van der Waals surface area (Å²) < 4.78 is 0. The van der Waals surface area contributed by atoms with Crippen LogP contribution in [-0.4, -0.2) is 29.1 Å². The number of carbonyl (C=O) groups excluding carboxylic acids is 1. The van der Waals surface area contributed by atoms with Gasteiger partial charge in [0.2, 0.25) is 0 Å². The van der Waals surface area contributed by atoms with E-state index in [1.54, 1.807) is 12.1 Å². The summed E-state index contributed by atoms with van der Waals surface area (Å²) >= 11 is 1.44. The predicted octanol–water partition coefficient (Wildman–Crippen LogP) is 3.01. The van der Waals surface area contributed by atoms with E-state index in [1.165, 1.54) is 18.2 Å². The van der Waals surface area contributed by atoms with Crippen LogP contribution in [0.2, 0.25) is 0 Å². The van der Waals surface area contributed by atoms with E-state index < -0.39 is 0 Å². The molecule has 2 heterocycles. The number of nitrogens with zero attached hydrogens (tertiary/aromatic N) is 3. The van der Waals surface area contributed by atoms with Gasteiger partial charge in [-0.15, -0.1) is 0 Å². The molecule has 0 saturated carbocycles. The molecule has 1 saturated heterocycles. The quantitative estimate of drug-likeness (QED) is 0.748. The number of thioether (sulfide) groups is 1. The minimum absolute atomic E-state index is 0.178. The molecule has 1 aromatic rings. The summed E-state index contributed by atoms with van der Waals surface area (Å²) in [7, 11) is 0. The average Bonchev–Trinajstić information content (AvgIpc) is 2.89. The highest BCUT2D eigenvalue weighted by molar-refractivity contribution is 8.18. The summed E-state index contributed by atoms with van der Waals surface area (Å²) in [5, 5.41) is 9.74. The lowest BCUT2D eigenvalue weighted by molar-refractivity contribution is -0.113. The van der Waals surface area contributed by atoms with Crippen LogP contribution < -0.4 is 0 Å². The molecule has 4 nitrogen and oxygen atoms in total. The van der Waals surface area contributed by atoms with E-state index in [-0.39, 0.29) is 5.91 Å². The van der Waals surface area contributed by atoms with Gasteiger partial charge in [0.05, 0.1) is 16.5 Å². The Morgan fingerprint density at radius 2 is 2.10 bits per heavy atom. The largest absolute Gasteiger partial charge is 0.351 e. The Bertz CT molecular complexity index is 666. The Balaban J connectivity index is 1.77. The number of amidine groups is 1. The summed E-state index contributed by atoms with van der Waals surface area (Å²) in [6, 6.07) is 9.35. The molecule has 0 unspecified atom stereocenters. The van der Waals surface area contributed by atoms with Gasteiger partial charge in [-0.1, -0.05) is 12.1 Å². The van der Waals surface area contributed by atoms with Gasteiger partial charge < -0.3 is 4.90 Å². The molecular formula is C16H15N3OS. The first-order valence-electron chi connectivity index (χ1n) is 7.04. The Labute approximate surface area is 128 Å². The number of likely N-dealkylation sites (tertiary alicyclic amines) is 1. The van der Waals surface area contributed by atoms with Gasteiger partial charge in [0.1, 0.15) is 0 Å². The normalized spacial score (nSPS) is 20.5. The van der Waals surface area contributed by atoms with Crippen LogP contribution in [0.5, 0.6) is 0 Å². The van der Waals surface area contributed by atoms with E-state index in [0.29, 0.717) is 10.5 Å². The first-order valence-corrected chi connectivity index (χ1v) is 7.85. The predicted molar refractivity (Wildman–Crippen MR) is 84.6 cm³/mol. The molecular weight excluding hydrogens is 282 g/mol. The maximum atomic E-state index is 12.0. The van der Waals surface area contributed by atoms with Crippen LogP contribution >= 0.6 is 11.8 Å². The summed E-state index contributed by atoms with van der Waals surface area (Å²) in [6.07, 6.45) is 5.40. The minimum Gasteiger partial charge on any atom is -0.351 e. The second-order valence-electron chi connectivity index (χ2n) is 5.10. The molecule has 3 rings (SSSR count). The molecule has 0 atom stereocenters. The number of aliphatic imine (C=N–C) groups is 1. The third-order valence-corrected chi connectivity index (χ3v) is 4.59. The fraction of sp³-hybridized carbons (Fsp3) is 0.312. The van der Waals surface area contributed by atoms with Crippen LogP contribution in [0.1, 0.15) is 30.4 Å². The molecule has 0 aliphatic carbocycles. The highest BCUT2D eigenvalue weighted by atomic mass is 32.2. The smallest absolute Gasteiger partial charge is 0.286 e. The summed E-state index contributed by atoms with van der Waals surface area (Å²) in [4.78, 5) is 19.0. The second kappa shape index (κ2) is 6.15. The lowest BCUT2D eigenvalue weighted by Gasteiger charge is -2.27. The van der Waals surface area contributed by atoms with Crippen LogP contribution in [0.3, 0.4) is 0 Å². The van der Waals surface area contributed by atoms with E-state index in [0.717, 1.165) is 36.7 Å². The van der Waals surface area contributed by atoms with Gasteiger partial charge in [-0.3, -0.25) is 4.79 Å². The topological polar surface area (TPSA) is 56.5 Å². The molecule has 0 spiro atoms. The second-order valence-corrected chi connectivity index (χ2v) is 6.10. The lowest BCUT2D eigenvalue weighted by Crippen LogP contribution is -2.33. The molecule has 0 aromatic heterocycles. The summed E-state index contributed by atoms with van der Waals surface area (Å²) in [5.41, 5.74) is 1.46. The van der Waals surface area contributed by atoms with Gasteiger partial charge in [-0.2, -0.15) is 10.3 Å². The first-order chi connectivity index (χ1) is 10.3. The van der Waals surface area contributed by atoms with E-state index in [1.807, 2.05) is 18.2 Å². The minimum atomic E-state index is -0.178. The number of carbonyl (C=O) groups is 1. The molecule has 21 heavy (non-hydrogen) atoms. The molecule has 1 amide bonds. The Kier molecular flexibility index (Phi) is 4.07. The third kappa shape index (κ3) is 3.17. The SMILES string of the molecule is N#Cc1cccc(/C=C2\SC(N3CCCCC3)=NC2=O)c1. The van der Waals surface area contributed by atoms with Crippen molar-refractivity contribution in [3.8, 4) is 6.07 Å². The number of piperidine rings is 1. The van der Waals surface area contributed by atoms with Gasteiger partial charge in [0.15, 0.2) is 5.17 Å². The van der Waals surface area contributed by atoms with Crippen molar-refractivity contribution in [1.82, 2.24) is 4.90 Å². The van der Waals surface area contributed by atoms with Gasteiger partial charge in [0.25, 0.3) is 5.91 Å². The zero-order chi connectivity index (χ0) is 14.7. The number of amides is 1. The first kappa shape index (κ1) is 13.9. The fourth-order valence-electron chi connectivity index (χ4n) is 2.47. The van der Waals surface area contributed by atoms with Crippen LogP contribution in [-0.2, 0) is 4.79 Å². The van der Waals surface area contributed by atoms with Gasteiger partial charge in [0, 0.05) is 13.1 Å². The highest BCUT2D eigenvalue weighted by Crippen LogP contribution is 2.31. The Morgan fingerprint density at radius 1 is 1.29 bits per heavy atom.